The van der Waals surface area contributed by atoms with Crippen LogP contribution in [-0.2, 0) is 0 Å². The molecule has 2 bridgehead atoms. The molecular formula is C20H21F2NO. The number of hydrogen-bond donors (Lipinski definition) is 1. The number of rotatable bonds is 3. The van der Waals surface area contributed by atoms with E-state index in [-0.39, 0.29) is 23.6 Å². The van der Waals surface area contributed by atoms with Gasteiger partial charge in [-0.05, 0) is 67.2 Å². The van der Waals surface area contributed by atoms with Crippen molar-refractivity contribution in [3.8, 4) is 0 Å². The predicted octanol–water partition coefficient (Wildman–Crippen LogP) is 3.55. The highest BCUT2D eigenvalue weighted by Gasteiger charge is 2.45. The summed E-state index contributed by atoms with van der Waals surface area (Å²) in [5.41, 5.74) is 1.92. The van der Waals surface area contributed by atoms with E-state index in [1.165, 1.54) is 24.3 Å². The normalized spacial score (nSPS) is 29.2. The quantitative estimate of drug-likeness (QED) is 0.931. The lowest BCUT2D eigenvalue weighted by molar-refractivity contribution is -0.0775. The number of halogens is 2. The van der Waals surface area contributed by atoms with Gasteiger partial charge in [0.05, 0.1) is 6.10 Å². The second-order valence-corrected chi connectivity index (χ2v) is 6.94. The van der Waals surface area contributed by atoms with E-state index < -0.39 is 6.10 Å². The average molecular weight is 329 g/mol. The van der Waals surface area contributed by atoms with Crippen molar-refractivity contribution in [1.29, 1.82) is 0 Å². The van der Waals surface area contributed by atoms with Gasteiger partial charge in [0, 0.05) is 12.0 Å². The lowest BCUT2D eigenvalue weighted by Crippen LogP contribution is -2.60. The minimum Gasteiger partial charge on any atom is -0.391 e. The summed E-state index contributed by atoms with van der Waals surface area (Å²) in [6.07, 6.45) is 1.64. The summed E-state index contributed by atoms with van der Waals surface area (Å²) in [4.78, 5) is 2.34. The molecule has 0 spiro atoms. The maximum atomic E-state index is 13.4. The number of aliphatic hydroxyl groups is 1. The molecule has 2 aromatic rings. The SMILES string of the molecule is O[C@@H]1C2CCN(CC2)[C@H]1C(c1ccc(F)cc1)c1ccc(F)cc1. The number of hydrogen-bond acceptors (Lipinski definition) is 2. The number of aliphatic hydroxyl groups excluding tert-OH is 1. The van der Waals surface area contributed by atoms with Crippen LogP contribution in [0, 0.1) is 17.6 Å². The fourth-order valence-electron chi connectivity index (χ4n) is 4.39. The molecule has 1 N–H and O–H groups in total. The van der Waals surface area contributed by atoms with Crippen molar-refractivity contribution >= 4 is 0 Å². The Kier molecular flexibility index (Phi) is 4.10. The molecule has 3 aliphatic rings. The summed E-state index contributed by atoms with van der Waals surface area (Å²) < 4.78 is 26.7. The van der Waals surface area contributed by atoms with E-state index in [4.69, 9.17) is 0 Å². The first kappa shape index (κ1) is 15.7. The van der Waals surface area contributed by atoms with Crippen molar-refractivity contribution in [2.24, 2.45) is 5.92 Å². The molecule has 3 fully saturated rings. The van der Waals surface area contributed by atoms with Crippen LogP contribution in [0.3, 0.4) is 0 Å². The zero-order valence-electron chi connectivity index (χ0n) is 13.4. The highest BCUT2D eigenvalue weighted by molar-refractivity contribution is 5.36. The Morgan fingerprint density at radius 1 is 0.833 bits per heavy atom. The van der Waals surface area contributed by atoms with Gasteiger partial charge in [-0.2, -0.15) is 0 Å². The molecule has 3 aliphatic heterocycles. The Labute approximate surface area is 140 Å². The van der Waals surface area contributed by atoms with Gasteiger partial charge in [0.2, 0.25) is 0 Å². The maximum Gasteiger partial charge on any atom is 0.123 e. The third-order valence-corrected chi connectivity index (χ3v) is 5.63. The van der Waals surface area contributed by atoms with E-state index in [9.17, 15) is 13.9 Å². The minimum absolute atomic E-state index is 0.0478. The Morgan fingerprint density at radius 3 is 1.71 bits per heavy atom. The largest absolute Gasteiger partial charge is 0.391 e. The smallest absolute Gasteiger partial charge is 0.123 e. The van der Waals surface area contributed by atoms with Crippen LogP contribution in [0.5, 0.6) is 0 Å². The zero-order chi connectivity index (χ0) is 16.7. The van der Waals surface area contributed by atoms with Gasteiger partial charge >= 0.3 is 0 Å². The molecule has 5 rings (SSSR count). The van der Waals surface area contributed by atoms with Crippen LogP contribution in [0.1, 0.15) is 29.9 Å². The molecule has 0 aliphatic carbocycles. The standard InChI is InChI=1S/C20H21F2NO/c21-16-5-1-13(2-6-16)18(14-3-7-17(22)8-4-14)19-20(24)15-9-11-23(19)12-10-15/h1-8,15,18-20,24H,9-12H2/t19-,20+/m0/s1. The molecule has 3 saturated heterocycles. The van der Waals surface area contributed by atoms with Crippen LogP contribution >= 0.6 is 0 Å². The number of fused-ring (bicyclic) bond motifs is 3. The van der Waals surface area contributed by atoms with Crippen molar-refractivity contribution in [1.82, 2.24) is 4.90 Å². The van der Waals surface area contributed by atoms with Crippen molar-refractivity contribution in [2.75, 3.05) is 13.1 Å². The summed E-state index contributed by atoms with van der Waals surface area (Å²) in [6, 6.07) is 12.9. The third-order valence-electron chi connectivity index (χ3n) is 5.63. The lowest BCUT2D eigenvalue weighted by atomic mass is 9.72. The fraction of sp³-hybridized carbons (Fsp3) is 0.400. The zero-order valence-corrected chi connectivity index (χ0v) is 13.4. The summed E-state index contributed by atoms with van der Waals surface area (Å²) >= 11 is 0. The molecule has 4 heteroatoms. The molecule has 126 valence electrons. The Morgan fingerprint density at radius 2 is 1.29 bits per heavy atom. The molecule has 0 aromatic heterocycles. The van der Waals surface area contributed by atoms with E-state index in [1.54, 1.807) is 24.3 Å². The molecule has 0 amide bonds. The summed E-state index contributed by atoms with van der Waals surface area (Å²) in [5.74, 6) is -0.321. The topological polar surface area (TPSA) is 23.5 Å². The van der Waals surface area contributed by atoms with Crippen LogP contribution in [0.15, 0.2) is 48.5 Å². The first-order chi connectivity index (χ1) is 11.6. The van der Waals surface area contributed by atoms with E-state index >= 15 is 0 Å². The Hall–Kier alpha value is -1.78. The number of nitrogens with zero attached hydrogens (tertiary/aromatic N) is 1. The van der Waals surface area contributed by atoms with Gasteiger partial charge in [0.15, 0.2) is 0 Å². The first-order valence-electron chi connectivity index (χ1n) is 8.56. The average Bonchev–Trinajstić information content (AvgIpc) is 2.61. The highest BCUT2D eigenvalue weighted by atomic mass is 19.1. The van der Waals surface area contributed by atoms with Gasteiger partial charge in [0.1, 0.15) is 11.6 Å². The third kappa shape index (κ3) is 2.74. The lowest BCUT2D eigenvalue weighted by Gasteiger charge is -2.51. The van der Waals surface area contributed by atoms with Crippen LogP contribution in [0.2, 0.25) is 0 Å². The van der Waals surface area contributed by atoms with Gasteiger partial charge in [0.25, 0.3) is 0 Å². The molecule has 24 heavy (non-hydrogen) atoms. The summed E-state index contributed by atoms with van der Waals surface area (Å²) in [6.45, 7) is 1.95. The van der Waals surface area contributed by atoms with Crippen LogP contribution in [0.25, 0.3) is 0 Å². The minimum atomic E-state index is -0.410. The van der Waals surface area contributed by atoms with E-state index in [0.717, 1.165) is 37.1 Å². The molecule has 3 heterocycles. The van der Waals surface area contributed by atoms with Crippen molar-refractivity contribution in [2.45, 2.75) is 30.9 Å². The van der Waals surface area contributed by atoms with Crippen molar-refractivity contribution in [3.63, 3.8) is 0 Å². The van der Waals surface area contributed by atoms with Crippen molar-refractivity contribution in [3.05, 3.63) is 71.3 Å². The van der Waals surface area contributed by atoms with Crippen LogP contribution in [0.4, 0.5) is 8.78 Å². The molecule has 0 saturated carbocycles. The number of piperidine rings is 3. The first-order valence-corrected chi connectivity index (χ1v) is 8.56. The highest BCUT2D eigenvalue weighted by Crippen LogP contribution is 2.41. The monoisotopic (exact) mass is 329 g/mol. The van der Waals surface area contributed by atoms with E-state index in [2.05, 4.69) is 4.90 Å². The summed E-state index contributed by atoms with van der Waals surface area (Å²) in [5, 5.41) is 10.9. The van der Waals surface area contributed by atoms with Crippen LogP contribution in [-0.4, -0.2) is 35.2 Å². The Bertz CT molecular complexity index is 645. The molecule has 2 nitrogen and oxygen atoms in total. The van der Waals surface area contributed by atoms with E-state index in [1.807, 2.05) is 0 Å². The van der Waals surface area contributed by atoms with E-state index in [0.29, 0.717) is 5.92 Å². The molecule has 0 unspecified atom stereocenters. The van der Waals surface area contributed by atoms with Gasteiger partial charge in [-0.15, -0.1) is 0 Å². The number of benzene rings is 2. The maximum absolute atomic E-state index is 13.4. The van der Waals surface area contributed by atoms with Gasteiger partial charge in [-0.1, -0.05) is 24.3 Å². The van der Waals surface area contributed by atoms with Crippen LogP contribution < -0.4 is 0 Å². The fourth-order valence-corrected chi connectivity index (χ4v) is 4.39. The van der Waals surface area contributed by atoms with Gasteiger partial charge in [-0.25, -0.2) is 8.78 Å². The molecule has 0 radical (unpaired) electrons. The van der Waals surface area contributed by atoms with Gasteiger partial charge < -0.3 is 5.11 Å². The second kappa shape index (κ2) is 6.26. The van der Waals surface area contributed by atoms with Crippen molar-refractivity contribution < 1.29 is 13.9 Å². The predicted molar refractivity (Wildman–Crippen MR) is 88.7 cm³/mol. The second-order valence-electron chi connectivity index (χ2n) is 6.94. The Balaban J connectivity index is 1.78. The summed E-state index contributed by atoms with van der Waals surface area (Å²) in [7, 11) is 0. The molecule has 2 atom stereocenters. The molecular weight excluding hydrogens is 308 g/mol. The molecule has 2 aromatic carbocycles. The van der Waals surface area contributed by atoms with Gasteiger partial charge in [-0.3, -0.25) is 4.90 Å².